The first-order valence-electron chi connectivity index (χ1n) is 14.4. The maximum absolute atomic E-state index is 11.1. The molecule has 20 atom stereocenters. The van der Waals surface area contributed by atoms with Gasteiger partial charge in [-0.25, -0.2) is 0 Å². The minimum Gasteiger partial charge on any atom is -0.394 e. The average Bonchev–Trinajstić information content (AvgIpc) is 3.03. The van der Waals surface area contributed by atoms with E-state index in [0.717, 1.165) is 0 Å². The Bertz CT molecular complexity index is 925. The van der Waals surface area contributed by atoms with Crippen LogP contribution in [-0.2, 0) is 33.2 Å². The van der Waals surface area contributed by atoms with Crippen molar-refractivity contribution in [3.05, 3.63) is 0 Å². The van der Waals surface area contributed by atoms with E-state index in [1.54, 1.807) is 0 Å². The predicted molar refractivity (Wildman–Crippen MR) is 142 cm³/mol. The number of rotatable bonds is 10. The van der Waals surface area contributed by atoms with Crippen molar-refractivity contribution < 1.29 is 84.2 Å². The average molecular weight is 663 g/mol. The van der Waals surface area contributed by atoms with Crippen LogP contribution >= 0.6 is 0 Å². The summed E-state index contributed by atoms with van der Waals surface area (Å²) in [5.74, 6) is 0. The highest BCUT2D eigenvalue weighted by Crippen LogP contribution is 2.33. The van der Waals surface area contributed by atoms with Crippen LogP contribution in [0.5, 0.6) is 0 Å². The molecule has 4 saturated heterocycles. The van der Waals surface area contributed by atoms with Crippen molar-refractivity contribution in [2.24, 2.45) is 22.9 Å². The maximum atomic E-state index is 11.1. The molecule has 0 aliphatic carbocycles. The van der Waals surface area contributed by atoms with Gasteiger partial charge in [0.1, 0.15) is 73.2 Å². The zero-order valence-corrected chi connectivity index (χ0v) is 24.0. The molecule has 1 unspecified atom stereocenters. The molecule has 0 amide bonds. The standard InChI is InChI=1S/C24H46N4O17/c25-9-15(35)18(6(2-30)39-21(9)38)43-23-11(27)17(37)20(8(4-32)41-23)45-24-12(28)16(36)19(7(3-31)42-24)44-22-10(26)14(34)13(33)5(1-29)40-22/h5-24,29-38H,1-4,25-28H2/t5-,6-,7-,8-,9-,10-,11-,12-,13-,14-,15-,16-,17-,18-,19-,20-,21?,22+,23+,24+/m1/s1. The van der Waals surface area contributed by atoms with Gasteiger partial charge in [0.15, 0.2) is 25.2 Å². The van der Waals surface area contributed by atoms with Gasteiger partial charge in [0, 0.05) is 0 Å². The zero-order chi connectivity index (χ0) is 33.3. The summed E-state index contributed by atoms with van der Waals surface area (Å²) in [6, 6.07) is -5.48. The molecule has 4 heterocycles. The normalized spacial score (nSPS) is 52.9. The minimum atomic E-state index is -1.65. The SMILES string of the molecule is N[C@H]1[C@H](O[C@H]2[C@H](O)[C@@H](N)[C@H](O[C@H]3[C@H](O)[C@@H](N)[C@H](O[C@H]4[C@H](O)[C@@H](N)C(O)O[C@@H]4CO)O[C@@H]3CO)O[C@@H]2CO)O[C@H](CO)[C@@H](O)[C@@H]1O. The van der Waals surface area contributed by atoms with Gasteiger partial charge >= 0.3 is 0 Å². The van der Waals surface area contributed by atoms with Crippen molar-refractivity contribution in [3.8, 4) is 0 Å². The molecule has 45 heavy (non-hydrogen) atoms. The van der Waals surface area contributed by atoms with Crippen molar-refractivity contribution in [2.75, 3.05) is 26.4 Å². The van der Waals surface area contributed by atoms with E-state index in [0.29, 0.717) is 0 Å². The summed E-state index contributed by atoms with van der Waals surface area (Å²) in [5, 5.41) is 102. The molecule has 4 rings (SSSR count). The quantitative estimate of drug-likeness (QED) is 0.103. The lowest BCUT2D eigenvalue weighted by Crippen LogP contribution is -2.70. The Balaban J connectivity index is 1.43. The van der Waals surface area contributed by atoms with Crippen molar-refractivity contribution in [1.82, 2.24) is 0 Å². The third-order valence-corrected chi connectivity index (χ3v) is 8.52. The van der Waals surface area contributed by atoms with Gasteiger partial charge in [0.05, 0.1) is 50.6 Å². The van der Waals surface area contributed by atoms with Crippen molar-refractivity contribution in [1.29, 1.82) is 0 Å². The molecule has 18 N–H and O–H groups in total. The summed E-state index contributed by atoms with van der Waals surface area (Å²) in [6.07, 6.45) is -23.5. The van der Waals surface area contributed by atoms with Crippen LogP contribution in [-0.4, -0.2) is 200 Å². The summed E-state index contributed by atoms with van der Waals surface area (Å²) in [7, 11) is 0. The van der Waals surface area contributed by atoms with Gasteiger partial charge in [-0.15, -0.1) is 0 Å². The van der Waals surface area contributed by atoms with Crippen LogP contribution in [0.3, 0.4) is 0 Å². The highest BCUT2D eigenvalue weighted by atomic mass is 16.8. The molecule has 4 fully saturated rings. The lowest BCUT2D eigenvalue weighted by Gasteiger charge is -2.49. The molecule has 4 aliphatic heterocycles. The Kier molecular flexibility index (Phi) is 12.8. The van der Waals surface area contributed by atoms with Crippen LogP contribution in [0.4, 0.5) is 0 Å². The molecule has 0 saturated carbocycles. The zero-order valence-electron chi connectivity index (χ0n) is 24.0. The molecule has 0 bridgehead atoms. The number of hydrogen-bond donors (Lipinski definition) is 14. The Morgan fingerprint density at radius 1 is 0.400 bits per heavy atom. The molecule has 0 spiro atoms. The van der Waals surface area contributed by atoms with E-state index in [1.165, 1.54) is 0 Å². The van der Waals surface area contributed by atoms with E-state index in [1.807, 2.05) is 0 Å². The van der Waals surface area contributed by atoms with E-state index >= 15 is 0 Å². The predicted octanol–water partition coefficient (Wildman–Crippen LogP) is -9.88. The van der Waals surface area contributed by atoms with Crippen molar-refractivity contribution >= 4 is 0 Å². The molecular weight excluding hydrogens is 616 g/mol. The van der Waals surface area contributed by atoms with Crippen LogP contribution in [0.25, 0.3) is 0 Å². The fraction of sp³-hybridized carbons (Fsp3) is 1.00. The molecule has 0 aromatic heterocycles. The Morgan fingerprint density at radius 2 is 0.711 bits per heavy atom. The summed E-state index contributed by atoms with van der Waals surface area (Å²) in [4.78, 5) is 0. The molecule has 21 heteroatoms. The van der Waals surface area contributed by atoms with Gasteiger partial charge in [-0.2, -0.15) is 0 Å². The van der Waals surface area contributed by atoms with Crippen molar-refractivity contribution in [2.45, 2.75) is 123 Å². The fourth-order valence-electron chi connectivity index (χ4n) is 5.72. The van der Waals surface area contributed by atoms with Gasteiger partial charge in [-0.1, -0.05) is 0 Å². The van der Waals surface area contributed by atoms with E-state index in [9.17, 15) is 51.1 Å². The molecule has 0 aromatic carbocycles. The number of aliphatic hydroxyl groups is 10. The second kappa shape index (κ2) is 15.6. The highest BCUT2D eigenvalue weighted by molar-refractivity contribution is 5.00. The second-order valence-electron chi connectivity index (χ2n) is 11.5. The first-order valence-corrected chi connectivity index (χ1v) is 14.4. The van der Waals surface area contributed by atoms with Crippen LogP contribution in [0, 0.1) is 0 Å². The maximum Gasteiger partial charge on any atom is 0.176 e. The summed E-state index contributed by atoms with van der Waals surface area (Å²) < 4.78 is 39.2. The Labute approximate surface area is 256 Å². The monoisotopic (exact) mass is 662 g/mol. The van der Waals surface area contributed by atoms with Crippen molar-refractivity contribution in [3.63, 3.8) is 0 Å². The van der Waals surface area contributed by atoms with Gasteiger partial charge in [-0.05, 0) is 0 Å². The Hall–Kier alpha value is -0.840. The molecule has 21 nitrogen and oxygen atoms in total. The highest BCUT2D eigenvalue weighted by Gasteiger charge is 2.54. The van der Waals surface area contributed by atoms with E-state index in [-0.39, 0.29) is 0 Å². The molecule has 4 aliphatic rings. The van der Waals surface area contributed by atoms with Gasteiger partial charge in [0.2, 0.25) is 0 Å². The molecule has 264 valence electrons. The number of hydrogen-bond acceptors (Lipinski definition) is 21. The molecule has 0 radical (unpaired) electrons. The first-order chi connectivity index (χ1) is 21.3. The lowest BCUT2D eigenvalue weighted by atomic mass is 9.94. The van der Waals surface area contributed by atoms with E-state index in [4.69, 9.17) is 56.1 Å². The van der Waals surface area contributed by atoms with Crippen LogP contribution in [0.2, 0.25) is 0 Å². The third-order valence-electron chi connectivity index (χ3n) is 8.52. The van der Waals surface area contributed by atoms with Gasteiger partial charge in [0.25, 0.3) is 0 Å². The number of aliphatic hydroxyl groups excluding tert-OH is 10. The topological polar surface area (TPSA) is 371 Å². The van der Waals surface area contributed by atoms with Gasteiger partial charge in [-0.3, -0.25) is 0 Å². The smallest absolute Gasteiger partial charge is 0.176 e. The molecular formula is C24H46N4O17. The van der Waals surface area contributed by atoms with Crippen LogP contribution in [0.15, 0.2) is 0 Å². The summed E-state index contributed by atoms with van der Waals surface area (Å²) >= 11 is 0. The third kappa shape index (κ3) is 7.44. The van der Waals surface area contributed by atoms with E-state index < -0.39 is 149 Å². The second-order valence-corrected chi connectivity index (χ2v) is 11.5. The number of ether oxygens (including phenoxy) is 7. The minimum absolute atomic E-state index is 0.688. The molecule has 0 aromatic rings. The van der Waals surface area contributed by atoms with Crippen LogP contribution in [0.1, 0.15) is 0 Å². The van der Waals surface area contributed by atoms with E-state index in [2.05, 4.69) is 0 Å². The summed E-state index contributed by atoms with van der Waals surface area (Å²) in [6.45, 7) is -2.91. The van der Waals surface area contributed by atoms with Crippen LogP contribution < -0.4 is 22.9 Å². The Morgan fingerprint density at radius 3 is 1.09 bits per heavy atom. The summed E-state index contributed by atoms with van der Waals surface area (Å²) in [5.41, 5.74) is 24.0. The fourth-order valence-corrected chi connectivity index (χ4v) is 5.72. The first kappa shape index (κ1) is 37.0. The lowest BCUT2D eigenvalue weighted by molar-refractivity contribution is -0.358. The number of nitrogens with two attached hydrogens (primary N) is 4. The van der Waals surface area contributed by atoms with Gasteiger partial charge < -0.3 is 107 Å². The largest absolute Gasteiger partial charge is 0.394 e.